The molecule has 1 nitrogen and oxygen atoms in total. The average molecular weight is 282 g/mol. The maximum Gasteiger partial charge on any atom is 0.433 e. The first kappa shape index (κ1) is 12.5. The molecular weight excluding hydrogens is 271 g/mol. The van der Waals surface area contributed by atoms with Crippen LogP contribution in [0.3, 0.4) is 0 Å². The molecule has 0 atom stereocenters. The van der Waals surface area contributed by atoms with Crippen molar-refractivity contribution in [3.8, 4) is 0 Å². The second-order valence-corrected chi connectivity index (χ2v) is 5.22. The Balaban J connectivity index is 3.30. The van der Waals surface area contributed by atoms with E-state index in [1.54, 1.807) is 6.07 Å². The minimum Gasteiger partial charge on any atom is -0.248 e. The highest BCUT2D eigenvalue weighted by atomic mass is 79.9. The Labute approximate surface area is 94.8 Å². The topological polar surface area (TPSA) is 12.9 Å². The highest BCUT2D eigenvalue weighted by Crippen LogP contribution is 2.32. The third-order valence-electron chi connectivity index (χ3n) is 1.85. The van der Waals surface area contributed by atoms with E-state index in [4.69, 9.17) is 0 Å². The molecule has 5 heteroatoms. The molecule has 1 rings (SSSR count). The highest BCUT2D eigenvalue weighted by Gasteiger charge is 2.34. The summed E-state index contributed by atoms with van der Waals surface area (Å²) in [5.74, 6) is 0. The molecule has 1 heterocycles. The predicted molar refractivity (Wildman–Crippen MR) is 55.6 cm³/mol. The number of aromatic nitrogens is 1. The fourth-order valence-electron chi connectivity index (χ4n) is 1.03. The van der Waals surface area contributed by atoms with Gasteiger partial charge in [-0.3, -0.25) is 0 Å². The largest absolute Gasteiger partial charge is 0.433 e. The maximum absolute atomic E-state index is 12.5. The zero-order chi connectivity index (χ0) is 11.9. The van der Waals surface area contributed by atoms with Crippen LogP contribution in [0.2, 0.25) is 0 Å². The molecule has 0 spiro atoms. The van der Waals surface area contributed by atoms with Crippen molar-refractivity contribution in [2.24, 2.45) is 0 Å². The molecule has 0 fully saturated rings. The molecule has 0 aliphatic heterocycles. The molecule has 0 amide bonds. The quantitative estimate of drug-likeness (QED) is 0.696. The van der Waals surface area contributed by atoms with E-state index < -0.39 is 17.3 Å². The van der Waals surface area contributed by atoms with Crippen molar-refractivity contribution in [1.29, 1.82) is 0 Å². The van der Waals surface area contributed by atoms with Gasteiger partial charge in [0.1, 0.15) is 5.69 Å². The van der Waals surface area contributed by atoms with E-state index in [9.17, 15) is 13.2 Å². The van der Waals surface area contributed by atoms with Crippen LogP contribution in [-0.4, -0.2) is 4.98 Å². The first-order valence-corrected chi connectivity index (χ1v) is 5.15. The monoisotopic (exact) mass is 281 g/mol. The predicted octanol–water partition coefficient (Wildman–Crippen LogP) is 4.16. The Hall–Kier alpha value is -0.580. The van der Waals surface area contributed by atoms with Gasteiger partial charge in [0.05, 0.1) is 0 Å². The normalized spacial score (nSPS) is 13.0. The van der Waals surface area contributed by atoms with Crippen LogP contribution in [0.15, 0.2) is 16.6 Å². The number of alkyl halides is 3. The Morgan fingerprint density at radius 1 is 1.07 bits per heavy atom. The van der Waals surface area contributed by atoms with Crippen LogP contribution in [0.25, 0.3) is 0 Å². The summed E-state index contributed by atoms with van der Waals surface area (Å²) < 4.78 is 37.8. The van der Waals surface area contributed by atoms with Crippen LogP contribution in [-0.2, 0) is 11.6 Å². The first-order valence-electron chi connectivity index (χ1n) is 4.36. The summed E-state index contributed by atoms with van der Waals surface area (Å²) in [7, 11) is 0. The molecule has 0 N–H and O–H groups in total. The van der Waals surface area contributed by atoms with Gasteiger partial charge in [-0.15, -0.1) is 0 Å². The zero-order valence-corrected chi connectivity index (χ0v) is 10.2. The standard InChI is InChI=1S/C10H11BrF3N/c1-9(2,3)7-4-6(11)5-8(15-7)10(12,13)14/h4-5H,1-3H3. The minimum atomic E-state index is -4.40. The van der Waals surface area contributed by atoms with E-state index >= 15 is 0 Å². The van der Waals surface area contributed by atoms with Gasteiger partial charge in [0.2, 0.25) is 0 Å². The van der Waals surface area contributed by atoms with Gasteiger partial charge in [-0.05, 0) is 12.1 Å². The molecule has 84 valence electrons. The minimum absolute atomic E-state index is 0.398. The van der Waals surface area contributed by atoms with E-state index in [1.165, 1.54) is 0 Å². The molecule has 0 aliphatic rings. The van der Waals surface area contributed by atoms with Crippen LogP contribution in [0, 0.1) is 0 Å². The van der Waals surface area contributed by atoms with Crippen LogP contribution in [0.5, 0.6) is 0 Å². The molecule has 0 aliphatic carbocycles. The third kappa shape index (κ3) is 3.19. The highest BCUT2D eigenvalue weighted by molar-refractivity contribution is 9.10. The lowest BCUT2D eigenvalue weighted by molar-refractivity contribution is -0.141. The van der Waals surface area contributed by atoms with Crippen molar-refractivity contribution in [3.63, 3.8) is 0 Å². The van der Waals surface area contributed by atoms with E-state index in [0.29, 0.717) is 10.2 Å². The van der Waals surface area contributed by atoms with Gasteiger partial charge < -0.3 is 0 Å². The summed E-state index contributed by atoms with van der Waals surface area (Å²) >= 11 is 3.06. The number of halogens is 4. The van der Waals surface area contributed by atoms with Crippen molar-refractivity contribution < 1.29 is 13.2 Å². The number of hydrogen-bond acceptors (Lipinski definition) is 1. The van der Waals surface area contributed by atoms with Crippen molar-refractivity contribution in [1.82, 2.24) is 4.98 Å². The Kier molecular flexibility index (Phi) is 3.14. The average Bonchev–Trinajstić information content (AvgIpc) is 1.99. The van der Waals surface area contributed by atoms with Crippen molar-refractivity contribution in [2.45, 2.75) is 32.4 Å². The fraction of sp³-hybridized carbons (Fsp3) is 0.500. The first-order chi connectivity index (χ1) is 6.60. The molecule has 0 unspecified atom stereocenters. The Morgan fingerprint density at radius 2 is 1.53 bits per heavy atom. The molecule has 0 saturated carbocycles. The van der Waals surface area contributed by atoms with Gasteiger partial charge in [-0.25, -0.2) is 4.98 Å². The van der Waals surface area contributed by atoms with E-state index in [1.807, 2.05) is 20.8 Å². The summed E-state index contributed by atoms with van der Waals surface area (Å²) in [5, 5.41) is 0. The summed E-state index contributed by atoms with van der Waals surface area (Å²) in [6.45, 7) is 5.46. The van der Waals surface area contributed by atoms with Crippen molar-refractivity contribution in [3.05, 3.63) is 28.0 Å². The van der Waals surface area contributed by atoms with Crippen molar-refractivity contribution in [2.75, 3.05) is 0 Å². The summed E-state index contributed by atoms with van der Waals surface area (Å²) in [6.07, 6.45) is -4.40. The number of hydrogen-bond donors (Lipinski definition) is 0. The zero-order valence-electron chi connectivity index (χ0n) is 8.61. The fourth-order valence-corrected chi connectivity index (χ4v) is 1.46. The number of nitrogens with zero attached hydrogens (tertiary/aromatic N) is 1. The number of rotatable bonds is 0. The molecule has 0 radical (unpaired) electrons. The van der Waals surface area contributed by atoms with Crippen LogP contribution < -0.4 is 0 Å². The molecule has 1 aromatic rings. The van der Waals surface area contributed by atoms with Crippen LogP contribution in [0.4, 0.5) is 13.2 Å². The number of pyridine rings is 1. The Bertz CT molecular complexity index is 334. The van der Waals surface area contributed by atoms with Gasteiger partial charge in [-0.2, -0.15) is 13.2 Å². The maximum atomic E-state index is 12.5. The second kappa shape index (κ2) is 3.77. The molecule has 0 saturated heterocycles. The summed E-state index contributed by atoms with van der Waals surface area (Å²) in [4.78, 5) is 3.62. The van der Waals surface area contributed by atoms with Gasteiger partial charge in [0.15, 0.2) is 0 Å². The Morgan fingerprint density at radius 3 is 1.93 bits per heavy atom. The SMILES string of the molecule is CC(C)(C)c1cc(Br)cc(C(F)(F)F)n1. The lowest BCUT2D eigenvalue weighted by atomic mass is 9.91. The van der Waals surface area contributed by atoms with E-state index in [-0.39, 0.29) is 0 Å². The van der Waals surface area contributed by atoms with Crippen LogP contribution >= 0.6 is 15.9 Å². The molecule has 15 heavy (non-hydrogen) atoms. The molecule has 0 aromatic carbocycles. The van der Waals surface area contributed by atoms with Gasteiger partial charge in [-0.1, -0.05) is 36.7 Å². The third-order valence-corrected chi connectivity index (χ3v) is 2.31. The second-order valence-electron chi connectivity index (χ2n) is 4.30. The van der Waals surface area contributed by atoms with Gasteiger partial charge >= 0.3 is 6.18 Å². The van der Waals surface area contributed by atoms with E-state index in [0.717, 1.165) is 6.07 Å². The lowest BCUT2D eigenvalue weighted by Gasteiger charge is -2.19. The molecule has 0 bridgehead atoms. The molecule has 1 aromatic heterocycles. The molecular formula is C10H11BrF3N. The summed E-state index contributed by atoms with van der Waals surface area (Å²) in [5.41, 5.74) is -0.838. The van der Waals surface area contributed by atoms with Crippen molar-refractivity contribution >= 4 is 15.9 Å². The van der Waals surface area contributed by atoms with E-state index in [2.05, 4.69) is 20.9 Å². The van der Waals surface area contributed by atoms with Crippen LogP contribution in [0.1, 0.15) is 32.2 Å². The van der Waals surface area contributed by atoms with Gasteiger partial charge in [0.25, 0.3) is 0 Å². The summed E-state index contributed by atoms with van der Waals surface area (Å²) in [6, 6.07) is 2.59. The lowest BCUT2D eigenvalue weighted by Crippen LogP contribution is -2.17. The van der Waals surface area contributed by atoms with Gasteiger partial charge in [0, 0.05) is 15.6 Å². The smallest absolute Gasteiger partial charge is 0.248 e.